The van der Waals surface area contributed by atoms with Gasteiger partial charge in [-0.25, -0.2) is 9.59 Å². The molecule has 0 radical (unpaired) electrons. The number of thioether (sulfide) groups is 1. The molecule has 5 amide bonds. The van der Waals surface area contributed by atoms with Crippen LogP contribution in [0.4, 0.5) is 4.79 Å². The molecular weight excluding hydrogens is 620 g/mol. The molecule has 0 aliphatic carbocycles. The lowest BCUT2D eigenvalue weighted by atomic mass is 10.0. The number of amides is 5. The zero-order valence-electron chi connectivity index (χ0n) is 26.8. The summed E-state index contributed by atoms with van der Waals surface area (Å²) < 4.78 is 5.25. The third-order valence-electron chi connectivity index (χ3n) is 5.94. The Labute approximate surface area is 272 Å². The van der Waals surface area contributed by atoms with E-state index in [0.29, 0.717) is 5.56 Å². The van der Waals surface area contributed by atoms with E-state index in [-0.39, 0.29) is 49.3 Å². The maximum absolute atomic E-state index is 13.3. The number of rotatable bonds is 18. The van der Waals surface area contributed by atoms with Gasteiger partial charge in [-0.15, -0.1) is 11.8 Å². The van der Waals surface area contributed by atoms with E-state index >= 15 is 0 Å². The lowest BCUT2D eigenvalue weighted by Gasteiger charge is -2.25. The minimum Gasteiger partial charge on any atom is -0.480 e. The first-order valence-electron chi connectivity index (χ1n) is 14.5. The maximum atomic E-state index is 13.3. The van der Waals surface area contributed by atoms with Crippen molar-refractivity contribution >= 4 is 53.4 Å². The Balaban J connectivity index is 3.03. The molecule has 0 heterocycles. The molecule has 1 rings (SSSR count). The summed E-state index contributed by atoms with van der Waals surface area (Å²) >= 11 is 1.16. The number of carboxylic acid groups (broad SMARTS) is 1. The van der Waals surface area contributed by atoms with E-state index in [1.807, 2.05) is 0 Å². The molecule has 1 aromatic rings. The average molecular weight is 667 g/mol. The second-order valence-electron chi connectivity index (χ2n) is 11.3. The summed E-state index contributed by atoms with van der Waals surface area (Å²) in [6.45, 7) is 7.88. The molecule has 1 aromatic carbocycles. The highest BCUT2D eigenvalue weighted by Gasteiger charge is 2.30. The fourth-order valence-electron chi connectivity index (χ4n) is 3.73. The molecule has 4 atom stereocenters. The fraction of sp³-hybridized carbons (Fsp3) is 0.552. The number of guanidine groups is 1. The van der Waals surface area contributed by atoms with Crippen LogP contribution >= 0.6 is 11.8 Å². The number of carbonyl (C=O) groups is 6. The van der Waals surface area contributed by atoms with E-state index < -0.39 is 59.6 Å². The van der Waals surface area contributed by atoms with Gasteiger partial charge in [0, 0.05) is 25.6 Å². The summed E-state index contributed by atoms with van der Waals surface area (Å²) in [7, 11) is 0. The van der Waals surface area contributed by atoms with Crippen LogP contribution in [0.2, 0.25) is 0 Å². The van der Waals surface area contributed by atoms with E-state index in [0.717, 1.165) is 11.8 Å². The molecule has 0 saturated heterocycles. The molecule has 256 valence electrons. The number of nitrogens with two attached hydrogens (primary N) is 2. The predicted octanol–water partition coefficient (Wildman–Crippen LogP) is -0.438. The van der Waals surface area contributed by atoms with Crippen molar-refractivity contribution in [2.75, 3.05) is 18.2 Å². The number of hydrogen-bond acceptors (Lipinski definition) is 9. The molecule has 0 aliphatic heterocycles. The van der Waals surface area contributed by atoms with Crippen LogP contribution in [-0.4, -0.2) is 94.7 Å². The SMILES string of the molecule is CC(=O)NCSCC(NC(=O)OC(C)(C)C)C(=O)NC(C)C(=O)NC(Cc1ccccc1)C(=O)NC(CCCN=C(N)N)C(=O)O. The highest BCUT2D eigenvalue weighted by molar-refractivity contribution is 7.99. The van der Waals surface area contributed by atoms with Crippen molar-refractivity contribution in [2.24, 2.45) is 16.5 Å². The second kappa shape index (κ2) is 19.8. The van der Waals surface area contributed by atoms with Crippen LogP contribution in [-0.2, 0) is 35.1 Å². The van der Waals surface area contributed by atoms with E-state index in [9.17, 15) is 33.9 Å². The largest absolute Gasteiger partial charge is 0.480 e. The highest BCUT2D eigenvalue weighted by atomic mass is 32.2. The number of benzene rings is 1. The highest BCUT2D eigenvalue weighted by Crippen LogP contribution is 2.09. The Morgan fingerprint density at radius 3 is 2.09 bits per heavy atom. The zero-order valence-corrected chi connectivity index (χ0v) is 27.6. The van der Waals surface area contributed by atoms with E-state index in [2.05, 4.69) is 31.6 Å². The number of aliphatic imine (C=N–C) groups is 1. The topological polar surface area (TPSA) is 256 Å². The fourth-order valence-corrected chi connectivity index (χ4v) is 4.62. The predicted molar refractivity (Wildman–Crippen MR) is 173 cm³/mol. The molecule has 4 unspecified atom stereocenters. The van der Waals surface area contributed by atoms with Crippen molar-refractivity contribution in [1.82, 2.24) is 26.6 Å². The number of alkyl carbamates (subject to hydrolysis) is 1. The van der Waals surface area contributed by atoms with Gasteiger partial charge in [0.2, 0.25) is 23.6 Å². The first-order valence-corrected chi connectivity index (χ1v) is 15.7. The van der Waals surface area contributed by atoms with Gasteiger partial charge in [0.05, 0.1) is 5.88 Å². The Kier molecular flexibility index (Phi) is 17.0. The molecular formula is C29H46N8O8S. The number of aliphatic carboxylic acids is 1. The summed E-state index contributed by atoms with van der Waals surface area (Å²) in [5.41, 5.74) is 10.5. The molecule has 17 heteroatoms. The average Bonchev–Trinajstić information content (AvgIpc) is 2.94. The van der Waals surface area contributed by atoms with Crippen molar-refractivity contribution in [3.63, 3.8) is 0 Å². The van der Waals surface area contributed by atoms with Gasteiger partial charge in [-0.2, -0.15) is 0 Å². The van der Waals surface area contributed by atoms with Crippen LogP contribution in [0.5, 0.6) is 0 Å². The van der Waals surface area contributed by atoms with Crippen LogP contribution in [0.15, 0.2) is 35.3 Å². The molecule has 0 spiro atoms. The summed E-state index contributed by atoms with van der Waals surface area (Å²) in [6.07, 6.45) is -0.518. The lowest BCUT2D eigenvalue weighted by molar-refractivity contribution is -0.142. The van der Waals surface area contributed by atoms with Crippen LogP contribution in [0.1, 0.15) is 53.0 Å². The summed E-state index contributed by atoms with van der Waals surface area (Å²) in [5, 5.41) is 22.3. The van der Waals surface area contributed by atoms with Crippen molar-refractivity contribution in [3.8, 4) is 0 Å². The van der Waals surface area contributed by atoms with Crippen LogP contribution in [0.3, 0.4) is 0 Å². The van der Waals surface area contributed by atoms with Crippen LogP contribution < -0.4 is 38.1 Å². The van der Waals surface area contributed by atoms with Crippen LogP contribution in [0, 0.1) is 0 Å². The zero-order chi connectivity index (χ0) is 34.9. The first kappa shape index (κ1) is 39.5. The number of carboxylic acids is 1. The van der Waals surface area contributed by atoms with E-state index in [1.54, 1.807) is 51.1 Å². The Hall–Kier alpha value is -4.54. The van der Waals surface area contributed by atoms with Crippen molar-refractivity contribution in [2.45, 2.75) is 83.6 Å². The summed E-state index contributed by atoms with van der Waals surface area (Å²) in [6, 6.07) is 3.99. The van der Waals surface area contributed by atoms with Gasteiger partial charge < -0.3 is 47.9 Å². The molecule has 16 nitrogen and oxygen atoms in total. The third-order valence-corrected chi connectivity index (χ3v) is 6.86. The second-order valence-corrected chi connectivity index (χ2v) is 12.3. The van der Waals surface area contributed by atoms with Gasteiger partial charge >= 0.3 is 12.1 Å². The molecule has 0 fully saturated rings. The monoisotopic (exact) mass is 666 g/mol. The maximum Gasteiger partial charge on any atom is 0.408 e. The van der Waals surface area contributed by atoms with Gasteiger partial charge in [-0.3, -0.25) is 24.2 Å². The summed E-state index contributed by atoms with van der Waals surface area (Å²) in [4.78, 5) is 78.9. The van der Waals surface area contributed by atoms with Gasteiger partial charge in [0.15, 0.2) is 5.96 Å². The molecule has 46 heavy (non-hydrogen) atoms. The van der Waals surface area contributed by atoms with Gasteiger partial charge in [-0.1, -0.05) is 30.3 Å². The first-order chi connectivity index (χ1) is 21.5. The number of nitrogens with one attached hydrogen (secondary N) is 5. The molecule has 10 N–H and O–H groups in total. The Morgan fingerprint density at radius 2 is 1.52 bits per heavy atom. The third kappa shape index (κ3) is 17.1. The van der Waals surface area contributed by atoms with Crippen molar-refractivity contribution < 1.29 is 38.6 Å². The molecule has 0 aromatic heterocycles. The number of ether oxygens (including phenoxy) is 1. The lowest BCUT2D eigenvalue weighted by Crippen LogP contribution is -2.58. The van der Waals surface area contributed by atoms with E-state index in [4.69, 9.17) is 16.2 Å². The normalized spacial score (nSPS) is 13.5. The molecule has 0 aliphatic rings. The quantitative estimate of drug-likeness (QED) is 0.0431. The summed E-state index contributed by atoms with van der Waals surface area (Å²) in [5.74, 6) is -3.66. The Morgan fingerprint density at radius 1 is 0.913 bits per heavy atom. The number of carbonyl (C=O) groups excluding carboxylic acids is 5. The number of hydrogen-bond donors (Lipinski definition) is 8. The minimum absolute atomic E-state index is 0.0298. The van der Waals surface area contributed by atoms with Gasteiger partial charge in [0.1, 0.15) is 29.8 Å². The molecule has 0 bridgehead atoms. The van der Waals surface area contributed by atoms with Gasteiger partial charge in [0.25, 0.3) is 0 Å². The smallest absolute Gasteiger partial charge is 0.408 e. The van der Waals surface area contributed by atoms with Crippen LogP contribution in [0.25, 0.3) is 0 Å². The Bertz CT molecular complexity index is 1220. The minimum atomic E-state index is -1.27. The van der Waals surface area contributed by atoms with Crippen molar-refractivity contribution in [3.05, 3.63) is 35.9 Å². The van der Waals surface area contributed by atoms with E-state index in [1.165, 1.54) is 13.8 Å². The van der Waals surface area contributed by atoms with Gasteiger partial charge in [-0.05, 0) is 46.1 Å². The van der Waals surface area contributed by atoms with Crippen molar-refractivity contribution in [1.29, 1.82) is 0 Å². The number of nitrogens with zero attached hydrogens (tertiary/aromatic N) is 1. The molecule has 0 saturated carbocycles. The standard InChI is InChI=1S/C29H46N8O8S/c1-17(34-25(41)22(15-46-16-33-18(2)38)37-28(44)45-29(3,4)5)23(39)36-21(14-19-10-7-6-8-11-19)24(40)35-20(26(42)43)12-9-13-32-27(30)31/h6-8,10-11,17,20-22H,9,12-16H2,1-5H3,(H,33,38)(H,34,41)(H,35,40)(H,36,39)(H,37,44)(H,42,43)(H4,30,31,32).